The summed E-state index contributed by atoms with van der Waals surface area (Å²) >= 11 is 0. The number of carbonyl (C=O) groups excluding carboxylic acids is 1. The van der Waals surface area contributed by atoms with Crippen molar-refractivity contribution in [3.63, 3.8) is 0 Å². The van der Waals surface area contributed by atoms with Crippen LogP contribution in [-0.2, 0) is 4.79 Å². The van der Waals surface area contributed by atoms with Crippen molar-refractivity contribution in [3.05, 3.63) is 0 Å². The van der Waals surface area contributed by atoms with Gasteiger partial charge >= 0.3 is 0 Å². The van der Waals surface area contributed by atoms with Crippen molar-refractivity contribution in [2.45, 2.75) is 20.3 Å². The third-order valence-corrected chi connectivity index (χ3v) is 0.603. The summed E-state index contributed by atoms with van der Waals surface area (Å²) in [7, 11) is 5.40. The van der Waals surface area contributed by atoms with Crippen LogP contribution in [0.4, 0.5) is 0 Å². The molecule has 0 amide bonds. The molecule has 0 spiro atoms. The number of carbonyl (C=O) groups is 1. The maximum absolute atomic E-state index is 9.89. The highest BCUT2D eigenvalue weighted by molar-refractivity contribution is 5.65. The van der Waals surface area contributed by atoms with Crippen LogP contribution < -0.4 is 5.11 Å². The number of likely N-dealkylation sites (N-methyl/N-ethyl adjacent to an activating group) is 1. The molecule has 11 heavy (non-hydrogen) atoms. The molecule has 0 heterocycles. The monoisotopic (exact) mass is 161 g/mol. The van der Waals surface area contributed by atoms with Crippen molar-refractivity contribution in [1.29, 1.82) is 0 Å². The Balaban J connectivity index is 0. The third-order valence-electron chi connectivity index (χ3n) is 0.603. The van der Waals surface area contributed by atoms with E-state index < -0.39 is 5.97 Å². The average molecular weight is 161 g/mol. The highest BCUT2D eigenvalue weighted by atomic mass is 16.4. The maximum atomic E-state index is 9.89. The number of carboxylic acid groups (broad SMARTS) is 1. The lowest BCUT2D eigenvalue weighted by atomic mass is 10.5. The van der Waals surface area contributed by atoms with Gasteiger partial charge in [0.25, 0.3) is 0 Å². The van der Waals surface area contributed by atoms with Gasteiger partial charge in [0.15, 0.2) is 0 Å². The summed E-state index contributed by atoms with van der Waals surface area (Å²) < 4.78 is 0.419. The standard InChI is InChI=1S/C5H11NO2.C3H8/c1-6(2,3)4-5(7)8;1-3-2/h4H2,1-3H3;3H2,1-2H3. The van der Waals surface area contributed by atoms with E-state index in [-0.39, 0.29) is 6.54 Å². The van der Waals surface area contributed by atoms with E-state index in [0.29, 0.717) is 4.48 Å². The van der Waals surface area contributed by atoms with Crippen LogP contribution in [0.2, 0.25) is 0 Å². The van der Waals surface area contributed by atoms with Gasteiger partial charge in [-0.3, -0.25) is 0 Å². The Morgan fingerprint density at radius 2 is 1.55 bits per heavy atom. The van der Waals surface area contributed by atoms with E-state index in [4.69, 9.17) is 0 Å². The minimum absolute atomic E-state index is 0.0694. The summed E-state index contributed by atoms with van der Waals surface area (Å²) in [6.45, 7) is 4.32. The molecule has 0 aliphatic rings. The van der Waals surface area contributed by atoms with E-state index in [2.05, 4.69) is 13.8 Å². The normalized spacial score (nSPS) is 9.91. The molecule has 0 saturated carbocycles. The number of quaternary nitrogens is 1. The van der Waals surface area contributed by atoms with Crippen molar-refractivity contribution in [1.82, 2.24) is 0 Å². The zero-order chi connectivity index (χ0) is 9.49. The smallest absolute Gasteiger partial charge is 0.118 e. The second-order valence-electron chi connectivity index (χ2n) is 3.53. The summed E-state index contributed by atoms with van der Waals surface area (Å²) in [5, 5.41) is 9.89. The number of nitrogens with zero attached hydrogens (tertiary/aromatic N) is 1. The van der Waals surface area contributed by atoms with Gasteiger partial charge in [0, 0.05) is 0 Å². The van der Waals surface area contributed by atoms with Crippen LogP contribution in [0.3, 0.4) is 0 Å². The van der Waals surface area contributed by atoms with Crippen LogP contribution >= 0.6 is 0 Å². The average Bonchev–Trinajstić information content (AvgIpc) is 1.57. The van der Waals surface area contributed by atoms with Gasteiger partial charge < -0.3 is 14.4 Å². The number of hydrogen-bond donors (Lipinski definition) is 0. The molecule has 3 nitrogen and oxygen atoms in total. The lowest BCUT2D eigenvalue weighted by Gasteiger charge is -2.23. The molecule has 0 rings (SSSR count). The van der Waals surface area contributed by atoms with E-state index in [0.717, 1.165) is 0 Å². The lowest BCUT2D eigenvalue weighted by Crippen LogP contribution is -2.45. The number of carboxylic acids is 1. The molecule has 0 aromatic heterocycles. The minimum Gasteiger partial charge on any atom is -0.544 e. The second-order valence-corrected chi connectivity index (χ2v) is 3.53. The van der Waals surface area contributed by atoms with Gasteiger partial charge in [-0.25, -0.2) is 0 Å². The predicted octanol–water partition coefficient (Wildman–Crippen LogP) is -0.141. The Morgan fingerprint density at radius 1 is 1.27 bits per heavy atom. The first-order chi connectivity index (χ1) is 4.83. The fourth-order valence-electron chi connectivity index (χ4n) is 0.387. The van der Waals surface area contributed by atoms with Crippen LogP contribution in [-0.4, -0.2) is 38.1 Å². The van der Waals surface area contributed by atoms with E-state index in [1.165, 1.54) is 6.42 Å². The van der Waals surface area contributed by atoms with Crippen molar-refractivity contribution >= 4 is 5.97 Å². The van der Waals surface area contributed by atoms with Crippen LogP contribution in [0.25, 0.3) is 0 Å². The molecule has 0 aliphatic heterocycles. The number of rotatable bonds is 2. The van der Waals surface area contributed by atoms with Crippen molar-refractivity contribution in [3.8, 4) is 0 Å². The van der Waals surface area contributed by atoms with E-state index >= 15 is 0 Å². The molecular formula is C8H19NO2. The van der Waals surface area contributed by atoms with Gasteiger partial charge in [-0.15, -0.1) is 0 Å². The molecule has 68 valence electrons. The molecule has 0 fully saturated rings. The Labute approximate surface area is 69.2 Å². The SMILES string of the molecule is CCC.C[N+](C)(C)CC(=O)[O-]. The highest BCUT2D eigenvalue weighted by Gasteiger charge is 2.04. The van der Waals surface area contributed by atoms with Gasteiger partial charge in [-0.05, 0) is 0 Å². The van der Waals surface area contributed by atoms with Crippen molar-refractivity contribution < 1.29 is 14.4 Å². The van der Waals surface area contributed by atoms with E-state index in [9.17, 15) is 9.90 Å². The third kappa shape index (κ3) is 26.5. The Kier molecular flexibility index (Phi) is 7.31. The zero-order valence-corrected chi connectivity index (χ0v) is 8.18. The van der Waals surface area contributed by atoms with E-state index in [1.807, 2.05) is 0 Å². The molecule has 0 radical (unpaired) electrons. The molecule has 0 N–H and O–H groups in total. The van der Waals surface area contributed by atoms with Gasteiger partial charge in [0.1, 0.15) is 6.54 Å². The fraction of sp³-hybridized carbons (Fsp3) is 0.875. The fourth-order valence-corrected chi connectivity index (χ4v) is 0.387. The minimum atomic E-state index is -1.00. The summed E-state index contributed by atoms with van der Waals surface area (Å²) in [5.74, 6) is -1.00. The van der Waals surface area contributed by atoms with Gasteiger partial charge in [0.05, 0.1) is 27.1 Å². The van der Waals surface area contributed by atoms with E-state index in [1.54, 1.807) is 21.1 Å². The molecule has 0 aromatic carbocycles. The molecule has 0 unspecified atom stereocenters. The van der Waals surface area contributed by atoms with Crippen LogP contribution in [0.15, 0.2) is 0 Å². The zero-order valence-electron chi connectivity index (χ0n) is 8.18. The largest absolute Gasteiger partial charge is 0.544 e. The van der Waals surface area contributed by atoms with Gasteiger partial charge in [0.2, 0.25) is 0 Å². The summed E-state index contributed by atoms with van der Waals surface area (Å²) in [6.07, 6.45) is 1.25. The molecule has 3 heteroatoms. The number of hydrogen-bond acceptors (Lipinski definition) is 2. The summed E-state index contributed by atoms with van der Waals surface area (Å²) in [6, 6.07) is 0. The highest BCUT2D eigenvalue weighted by Crippen LogP contribution is 1.84. The molecule has 0 bridgehead atoms. The predicted molar refractivity (Wildman–Crippen MR) is 43.9 cm³/mol. The van der Waals surface area contributed by atoms with Crippen molar-refractivity contribution in [2.24, 2.45) is 0 Å². The Bertz CT molecular complexity index is 105. The molecular weight excluding hydrogens is 142 g/mol. The van der Waals surface area contributed by atoms with Crippen molar-refractivity contribution in [2.75, 3.05) is 27.7 Å². The topological polar surface area (TPSA) is 40.1 Å². The molecule has 0 saturated heterocycles. The van der Waals surface area contributed by atoms with Gasteiger partial charge in [-0.2, -0.15) is 0 Å². The molecule has 0 aromatic rings. The van der Waals surface area contributed by atoms with Crippen LogP contribution in [0.5, 0.6) is 0 Å². The lowest BCUT2D eigenvalue weighted by molar-refractivity contribution is -0.864. The summed E-state index contributed by atoms with van der Waals surface area (Å²) in [4.78, 5) is 9.89. The van der Waals surface area contributed by atoms with Crippen LogP contribution in [0.1, 0.15) is 20.3 Å². The Hall–Kier alpha value is -0.570. The molecule has 0 atom stereocenters. The maximum Gasteiger partial charge on any atom is 0.118 e. The first-order valence-electron chi connectivity index (χ1n) is 3.83. The number of aliphatic carboxylic acids is 1. The first-order valence-corrected chi connectivity index (χ1v) is 3.83. The van der Waals surface area contributed by atoms with Gasteiger partial charge in [-0.1, -0.05) is 20.3 Å². The quantitative estimate of drug-likeness (QED) is 0.529. The van der Waals surface area contributed by atoms with Crippen LogP contribution in [0, 0.1) is 0 Å². The first kappa shape index (κ1) is 13.1. The molecule has 0 aliphatic carbocycles. The second kappa shape index (κ2) is 6.16. The summed E-state index contributed by atoms with van der Waals surface area (Å²) in [5.41, 5.74) is 0. The Morgan fingerprint density at radius 3 is 1.55 bits per heavy atom.